The third kappa shape index (κ3) is 3.23. The number of aromatic hydroxyl groups is 1. The zero-order valence-corrected chi connectivity index (χ0v) is 10.8. The summed E-state index contributed by atoms with van der Waals surface area (Å²) >= 11 is 0. The summed E-state index contributed by atoms with van der Waals surface area (Å²) in [7, 11) is 1.61. The average Bonchev–Trinajstić information content (AvgIpc) is 2.37. The lowest BCUT2D eigenvalue weighted by Crippen LogP contribution is -2.29. The van der Waals surface area contributed by atoms with Crippen LogP contribution in [0.15, 0.2) is 18.2 Å². The molecule has 1 aromatic carbocycles. The van der Waals surface area contributed by atoms with Gasteiger partial charge in [0, 0.05) is 26.1 Å². The molecule has 0 radical (unpaired) electrons. The number of carbonyl (C=O) groups excluding carboxylic acids is 2. The molecule has 0 bridgehead atoms. The molecule has 0 fully saturated rings. The van der Waals surface area contributed by atoms with E-state index in [0.717, 1.165) is 0 Å². The van der Waals surface area contributed by atoms with Crippen LogP contribution in [0.2, 0.25) is 0 Å². The Morgan fingerprint density at radius 1 is 1.33 bits per heavy atom. The zero-order chi connectivity index (χ0) is 13.7. The first kappa shape index (κ1) is 14.0. The van der Waals surface area contributed by atoms with Crippen molar-refractivity contribution >= 4 is 11.9 Å². The highest BCUT2D eigenvalue weighted by atomic mass is 16.6. The minimum Gasteiger partial charge on any atom is -0.507 e. The molecule has 0 aliphatic rings. The van der Waals surface area contributed by atoms with Crippen LogP contribution in [0.1, 0.15) is 30.6 Å². The predicted octanol–water partition coefficient (Wildman–Crippen LogP) is 2.44. The van der Waals surface area contributed by atoms with Crippen molar-refractivity contribution in [2.45, 2.75) is 20.3 Å². The van der Waals surface area contributed by atoms with E-state index in [2.05, 4.69) is 0 Å². The highest BCUT2D eigenvalue weighted by Gasteiger charge is 2.13. The summed E-state index contributed by atoms with van der Waals surface area (Å²) in [5.41, 5.74) is 0.237. The Kier molecular flexibility index (Phi) is 4.71. The molecular weight excluding hydrogens is 234 g/mol. The Morgan fingerprint density at radius 3 is 2.50 bits per heavy atom. The molecule has 0 saturated heterocycles. The van der Waals surface area contributed by atoms with Crippen LogP contribution in [0.4, 0.5) is 4.79 Å². The number of hydrogen-bond acceptors (Lipinski definition) is 4. The number of hydrogen-bond donors (Lipinski definition) is 1. The summed E-state index contributed by atoms with van der Waals surface area (Å²) in [4.78, 5) is 24.3. The van der Waals surface area contributed by atoms with Crippen LogP contribution in [0.3, 0.4) is 0 Å². The first-order chi connectivity index (χ1) is 8.49. The van der Waals surface area contributed by atoms with Gasteiger partial charge in [-0.3, -0.25) is 4.79 Å². The van der Waals surface area contributed by atoms with Gasteiger partial charge in [0.2, 0.25) is 0 Å². The first-order valence-corrected chi connectivity index (χ1v) is 5.78. The zero-order valence-electron chi connectivity index (χ0n) is 10.8. The molecule has 0 spiro atoms. The van der Waals surface area contributed by atoms with Crippen molar-refractivity contribution in [1.82, 2.24) is 4.90 Å². The van der Waals surface area contributed by atoms with Gasteiger partial charge in [0.15, 0.2) is 5.78 Å². The number of rotatable bonds is 4. The van der Waals surface area contributed by atoms with Gasteiger partial charge in [-0.15, -0.1) is 0 Å². The van der Waals surface area contributed by atoms with Crippen molar-refractivity contribution < 1.29 is 19.4 Å². The summed E-state index contributed by atoms with van der Waals surface area (Å²) in [6.45, 7) is 4.06. The van der Waals surface area contributed by atoms with Gasteiger partial charge in [0.05, 0.1) is 5.56 Å². The molecule has 1 amide bonds. The van der Waals surface area contributed by atoms with E-state index in [4.69, 9.17) is 4.74 Å². The average molecular weight is 251 g/mol. The number of nitrogens with zero attached hydrogens (tertiary/aromatic N) is 1. The highest BCUT2D eigenvalue weighted by Crippen LogP contribution is 2.25. The molecule has 0 aliphatic carbocycles. The van der Waals surface area contributed by atoms with Gasteiger partial charge in [0.25, 0.3) is 0 Å². The van der Waals surface area contributed by atoms with Crippen molar-refractivity contribution in [3.8, 4) is 11.5 Å². The topological polar surface area (TPSA) is 66.8 Å². The maximum absolute atomic E-state index is 11.5. The monoisotopic (exact) mass is 251 g/mol. The van der Waals surface area contributed by atoms with Crippen molar-refractivity contribution in [1.29, 1.82) is 0 Å². The van der Waals surface area contributed by atoms with Gasteiger partial charge in [0.1, 0.15) is 11.5 Å². The number of phenols is 1. The lowest BCUT2D eigenvalue weighted by molar-refractivity contribution is 0.0985. The molecule has 18 heavy (non-hydrogen) atoms. The molecule has 98 valence electrons. The maximum atomic E-state index is 11.5. The van der Waals surface area contributed by atoms with Gasteiger partial charge in [-0.25, -0.2) is 4.79 Å². The van der Waals surface area contributed by atoms with E-state index in [1.54, 1.807) is 14.0 Å². The molecule has 0 heterocycles. The largest absolute Gasteiger partial charge is 0.507 e. The third-order valence-electron chi connectivity index (χ3n) is 2.58. The van der Waals surface area contributed by atoms with Crippen molar-refractivity contribution in [3.63, 3.8) is 0 Å². The number of amides is 1. The molecule has 1 aromatic rings. The lowest BCUT2D eigenvalue weighted by atomic mass is 10.1. The first-order valence-electron chi connectivity index (χ1n) is 5.78. The van der Waals surface area contributed by atoms with Crippen molar-refractivity contribution in [2.24, 2.45) is 0 Å². The number of phenolic OH excluding ortho intramolecular Hbond substituents is 1. The fourth-order valence-corrected chi connectivity index (χ4v) is 1.31. The number of carbonyl (C=O) groups is 2. The quantitative estimate of drug-likeness (QED) is 0.834. The third-order valence-corrected chi connectivity index (χ3v) is 2.58. The van der Waals surface area contributed by atoms with Gasteiger partial charge < -0.3 is 14.7 Å². The van der Waals surface area contributed by atoms with E-state index >= 15 is 0 Å². The highest BCUT2D eigenvalue weighted by molar-refractivity contribution is 5.98. The van der Waals surface area contributed by atoms with E-state index < -0.39 is 6.09 Å². The standard InChI is InChI=1S/C13H17NO4/c1-4-11(15)10-7-6-9(8-12(10)16)18-13(17)14(3)5-2/h6-8,16H,4-5H2,1-3H3. The van der Waals surface area contributed by atoms with Gasteiger partial charge in [-0.05, 0) is 19.1 Å². The molecule has 0 aliphatic heterocycles. The molecule has 0 unspecified atom stereocenters. The molecule has 1 N–H and O–H groups in total. The Hall–Kier alpha value is -2.04. The molecule has 5 heteroatoms. The number of ketones is 1. The maximum Gasteiger partial charge on any atom is 0.414 e. The molecule has 5 nitrogen and oxygen atoms in total. The van der Waals surface area contributed by atoms with E-state index in [9.17, 15) is 14.7 Å². The fourth-order valence-electron chi connectivity index (χ4n) is 1.31. The number of benzene rings is 1. The second-order valence-corrected chi connectivity index (χ2v) is 3.84. The number of Topliss-reactive ketones (excluding diaryl/α,β-unsaturated/α-hetero) is 1. The van der Waals surface area contributed by atoms with Gasteiger partial charge in [-0.2, -0.15) is 0 Å². The van der Waals surface area contributed by atoms with E-state index in [1.165, 1.54) is 23.1 Å². The van der Waals surface area contributed by atoms with Crippen LogP contribution in [0.5, 0.6) is 11.5 Å². The van der Waals surface area contributed by atoms with Gasteiger partial charge in [-0.1, -0.05) is 6.92 Å². The lowest BCUT2D eigenvalue weighted by Gasteiger charge is -2.14. The minimum atomic E-state index is -0.508. The normalized spacial score (nSPS) is 9.94. The van der Waals surface area contributed by atoms with Crippen LogP contribution in [-0.4, -0.2) is 35.5 Å². The Bertz CT molecular complexity index is 456. The van der Waals surface area contributed by atoms with Crippen LogP contribution in [0.25, 0.3) is 0 Å². The Labute approximate surface area is 106 Å². The van der Waals surface area contributed by atoms with Crippen LogP contribution in [-0.2, 0) is 0 Å². The molecule has 1 rings (SSSR count). The number of ether oxygens (including phenoxy) is 1. The Balaban J connectivity index is 2.85. The summed E-state index contributed by atoms with van der Waals surface area (Å²) < 4.78 is 5.03. The molecule has 0 saturated carbocycles. The van der Waals surface area contributed by atoms with Crippen molar-refractivity contribution in [3.05, 3.63) is 23.8 Å². The van der Waals surface area contributed by atoms with Gasteiger partial charge >= 0.3 is 6.09 Å². The van der Waals surface area contributed by atoms with Crippen LogP contribution >= 0.6 is 0 Å². The Morgan fingerprint density at radius 2 is 2.00 bits per heavy atom. The summed E-state index contributed by atoms with van der Waals surface area (Å²) in [6.07, 6.45) is -0.197. The van der Waals surface area contributed by atoms with Crippen molar-refractivity contribution in [2.75, 3.05) is 13.6 Å². The summed E-state index contributed by atoms with van der Waals surface area (Å²) in [5, 5.41) is 9.68. The van der Waals surface area contributed by atoms with E-state index in [0.29, 0.717) is 13.0 Å². The fraction of sp³-hybridized carbons (Fsp3) is 0.385. The molecule has 0 atom stereocenters. The van der Waals surface area contributed by atoms with E-state index in [1.807, 2.05) is 6.92 Å². The van der Waals surface area contributed by atoms with E-state index in [-0.39, 0.29) is 22.8 Å². The second-order valence-electron chi connectivity index (χ2n) is 3.84. The van der Waals surface area contributed by atoms with Crippen LogP contribution in [0, 0.1) is 0 Å². The summed E-state index contributed by atoms with van der Waals surface area (Å²) in [6, 6.07) is 4.21. The molecular formula is C13H17NO4. The van der Waals surface area contributed by atoms with Crippen LogP contribution < -0.4 is 4.74 Å². The predicted molar refractivity (Wildman–Crippen MR) is 67.1 cm³/mol. The summed E-state index contributed by atoms with van der Waals surface area (Å²) in [5.74, 6) is -0.118. The second kappa shape index (κ2) is 6.05. The minimum absolute atomic E-state index is 0.156. The SMILES string of the molecule is CCC(=O)c1ccc(OC(=O)N(C)CC)cc1O. The molecule has 0 aromatic heterocycles. The smallest absolute Gasteiger partial charge is 0.414 e.